The number of hydrogen-bond donors (Lipinski definition) is 1. The van der Waals surface area contributed by atoms with Gasteiger partial charge in [-0.1, -0.05) is 0 Å². The molecule has 1 N–H and O–H groups in total. The van der Waals surface area contributed by atoms with E-state index < -0.39 is 0 Å². The molecule has 3 fully saturated rings. The summed E-state index contributed by atoms with van der Waals surface area (Å²) in [5.41, 5.74) is 0. The summed E-state index contributed by atoms with van der Waals surface area (Å²) in [6.07, 6.45) is 5.79. The molecule has 3 aliphatic heterocycles. The van der Waals surface area contributed by atoms with Crippen LogP contribution in [0.15, 0.2) is 0 Å². The molecule has 18 heavy (non-hydrogen) atoms. The lowest BCUT2D eigenvalue weighted by molar-refractivity contribution is -0.137. The summed E-state index contributed by atoms with van der Waals surface area (Å²) in [5, 5.41) is 3.41. The summed E-state index contributed by atoms with van der Waals surface area (Å²) in [6, 6.07) is 0.514. The number of rotatable bonds is 2. The van der Waals surface area contributed by atoms with E-state index in [2.05, 4.69) is 10.2 Å². The van der Waals surface area contributed by atoms with E-state index in [0.29, 0.717) is 18.6 Å². The molecule has 2 atom stereocenters. The highest BCUT2D eigenvalue weighted by Crippen LogP contribution is 2.31. The lowest BCUT2D eigenvalue weighted by Crippen LogP contribution is -2.46. The molecule has 4 heteroatoms. The first-order chi connectivity index (χ1) is 8.86. The smallest absolute Gasteiger partial charge is 0.228 e. The van der Waals surface area contributed by atoms with Crippen molar-refractivity contribution in [1.82, 2.24) is 10.2 Å². The van der Waals surface area contributed by atoms with Crippen molar-refractivity contribution < 1.29 is 9.53 Å². The molecule has 0 aliphatic carbocycles. The average Bonchev–Trinajstić information content (AvgIpc) is 3.10. The molecule has 3 aliphatic rings. The van der Waals surface area contributed by atoms with Crippen molar-refractivity contribution >= 4 is 5.91 Å². The molecule has 0 saturated carbocycles. The van der Waals surface area contributed by atoms with Gasteiger partial charge in [0.25, 0.3) is 0 Å². The molecular weight excluding hydrogens is 228 g/mol. The van der Waals surface area contributed by atoms with Crippen molar-refractivity contribution in [2.24, 2.45) is 11.8 Å². The van der Waals surface area contributed by atoms with Gasteiger partial charge in [-0.3, -0.25) is 4.79 Å². The fraction of sp³-hybridized carbons (Fsp3) is 0.929. The van der Waals surface area contributed by atoms with E-state index in [1.54, 1.807) is 0 Å². The molecule has 1 amide bonds. The predicted octanol–water partition coefficient (Wildman–Crippen LogP) is 1.01. The van der Waals surface area contributed by atoms with Crippen molar-refractivity contribution in [3.63, 3.8) is 0 Å². The number of carbonyl (C=O) groups is 1. The number of ether oxygens (including phenoxy) is 1. The zero-order valence-electron chi connectivity index (χ0n) is 11.1. The number of amides is 1. The fourth-order valence-corrected chi connectivity index (χ4v) is 3.75. The third kappa shape index (κ3) is 2.41. The number of hydrogen-bond acceptors (Lipinski definition) is 3. The highest BCUT2D eigenvalue weighted by Gasteiger charge is 2.38. The number of likely N-dealkylation sites (tertiary alicyclic amines) is 1. The molecule has 3 saturated heterocycles. The number of piperidine rings is 1. The summed E-state index contributed by atoms with van der Waals surface area (Å²) in [5.74, 6) is 1.24. The molecule has 0 radical (unpaired) electrons. The number of nitrogens with one attached hydrogen (secondary N) is 1. The number of carbonyl (C=O) groups excluding carboxylic acids is 1. The fourth-order valence-electron chi connectivity index (χ4n) is 3.75. The molecule has 102 valence electrons. The minimum Gasteiger partial charge on any atom is -0.381 e. The average molecular weight is 252 g/mol. The van der Waals surface area contributed by atoms with Crippen molar-refractivity contribution in [2.45, 2.75) is 38.1 Å². The molecule has 0 aromatic carbocycles. The molecule has 0 spiro atoms. The Morgan fingerprint density at radius 1 is 1.17 bits per heavy atom. The van der Waals surface area contributed by atoms with Crippen LogP contribution in [-0.4, -0.2) is 49.7 Å². The topological polar surface area (TPSA) is 41.6 Å². The maximum Gasteiger partial charge on any atom is 0.228 e. The van der Waals surface area contributed by atoms with E-state index in [9.17, 15) is 4.79 Å². The quantitative estimate of drug-likeness (QED) is 0.797. The highest BCUT2D eigenvalue weighted by atomic mass is 16.5. The number of nitrogens with zero attached hydrogens (tertiary/aromatic N) is 1. The van der Waals surface area contributed by atoms with Crippen LogP contribution in [0.2, 0.25) is 0 Å². The van der Waals surface area contributed by atoms with Gasteiger partial charge in [0, 0.05) is 19.2 Å². The standard InChI is InChI=1S/C14H24N2O2/c17-14(12-5-9-18-10-12)16-8-1-2-13(16)11-3-6-15-7-4-11/h11-13,15H,1-10H2. The summed E-state index contributed by atoms with van der Waals surface area (Å²) in [7, 11) is 0. The van der Waals surface area contributed by atoms with Crippen LogP contribution in [0.3, 0.4) is 0 Å². The summed E-state index contributed by atoms with van der Waals surface area (Å²) in [6.45, 7) is 4.63. The molecule has 4 nitrogen and oxygen atoms in total. The minimum absolute atomic E-state index is 0.146. The Labute approximate surface area is 109 Å². The summed E-state index contributed by atoms with van der Waals surface area (Å²) < 4.78 is 5.36. The molecule has 3 heterocycles. The lowest BCUT2D eigenvalue weighted by Gasteiger charge is -2.35. The van der Waals surface area contributed by atoms with Gasteiger partial charge in [-0.25, -0.2) is 0 Å². The molecule has 0 aromatic heterocycles. The Bertz CT molecular complexity index is 296. The summed E-state index contributed by atoms with van der Waals surface area (Å²) in [4.78, 5) is 14.7. The Balaban J connectivity index is 1.64. The van der Waals surface area contributed by atoms with E-state index >= 15 is 0 Å². The molecule has 0 bridgehead atoms. The first kappa shape index (κ1) is 12.4. The van der Waals surface area contributed by atoms with Crippen LogP contribution >= 0.6 is 0 Å². The predicted molar refractivity (Wildman–Crippen MR) is 69.3 cm³/mol. The second-order valence-corrected chi connectivity index (χ2v) is 5.89. The SMILES string of the molecule is O=C(C1CCOC1)N1CCCC1C1CCNCC1. The maximum absolute atomic E-state index is 12.5. The lowest BCUT2D eigenvalue weighted by atomic mass is 9.88. The van der Waals surface area contributed by atoms with E-state index in [-0.39, 0.29) is 5.92 Å². The normalized spacial score (nSPS) is 34.1. The second-order valence-electron chi connectivity index (χ2n) is 5.89. The maximum atomic E-state index is 12.5. The first-order valence-corrected chi connectivity index (χ1v) is 7.45. The Morgan fingerprint density at radius 3 is 2.72 bits per heavy atom. The van der Waals surface area contributed by atoms with Crippen LogP contribution in [0.5, 0.6) is 0 Å². The van der Waals surface area contributed by atoms with Gasteiger partial charge in [-0.2, -0.15) is 0 Å². The van der Waals surface area contributed by atoms with Gasteiger partial charge in [0.1, 0.15) is 0 Å². The van der Waals surface area contributed by atoms with Gasteiger partial charge in [0.2, 0.25) is 5.91 Å². The Hall–Kier alpha value is -0.610. The van der Waals surface area contributed by atoms with Gasteiger partial charge in [-0.15, -0.1) is 0 Å². The van der Waals surface area contributed by atoms with Gasteiger partial charge in [0.15, 0.2) is 0 Å². The molecule has 3 rings (SSSR count). The minimum atomic E-state index is 0.146. The van der Waals surface area contributed by atoms with E-state index in [0.717, 1.165) is 38.6 Å². The third-order valence-corrected chi connectivity index (χ3v) is 4.79. The van der Waals surface area contributed by atoms with Crippen LogP contribution in [0.1, 0.15) is 32.1 Å². The van der Waals surface area contributed by atoms with Gasteiger partial charge >= 0.3 is 0 Å². The largest absolute Gasteiger partial charge is 0.381 e. The highest BCUT2D eigenvalue weighted by molar-refractivity contribution is 5.79. The van der Waals surface area contributed by atoms with Crippen LogP contribution in [0.25, 0.3) is 0 Å². The third-order valence-electron chi connectivity index (χ3n) is 4.79. The van der Waals surface area contributed by atoms with Crippen molar-refractivity contribution in [3.05, 3.63) is 0 Å². The van der Waals surface area contributed by atoms with Crippen molar-refractivity contribution in [2.75, 3.05) is 32.8 Å². The summed E-state index contributed by atoms with van der Waals surface area (Å²) >= 11 is 0. The van der Waals surface area contributed by atoms with E-state index in [1.807, 2.05) is 0 Å². The second kappa shape index (κ2) is 5.57. The van der Waals surface area contributed by atoms with Gasteiger partial charge < -0.3 is 15.0 Å². The van der Waals surface area contributed by atoms with Crippen molar-refractivity contribution in [3.8, 4) is 0 Å². The Morgan fingerprint density at radius 2 is 2.00 bits per heavy atom. The Kier molecular flexibility index (Phi) is 3.85. The van der Waals surface area contributed by atoms with E-state index in [1.165, 1.54) is 25.7 Å². The van der Waals surface area contributed by atoms with Crippen LogP contribution < -0.4 is 5.32 Å². The molecule has 2 unspecified atom stereocenters. The molecular formula is C14H24N2O2. The molecule has 0 aromatic rings. The van der Waals surface area contributed by atoms with Crippen molar-refractivity contribution in [1.29, 1.82) is 0 Å². The first-order valence-electron chi connectivity index (χ1n) is 7.45. The monoisotopic (exact) mass is 252 g/mol. The zero-order chi connectivity index (χ0) is 12.4. The van der Waals surface area contributed by atoms with Crippen LogP contribution in [0, 0.1) is 11.8 Å². The van der Waals surface area contributed by atoms with Gasteiger partial charge in [-0.05, 0) is 51.1 Å². The van der Waals surface area contributed by atoms with Crippen LogP contribution in [-0.2, 0) is 9.53 Å². The van der Waals surface area contributed by atoms with E-state index in [4.69, 9.17) is 4.74 Å². The zero-order valence-corrected chi connectivity index (χ0v) is 11.1. The van der Waals surface area contributed by atoms with Crippen LogP contribution in [0.4, 0.5) is 0 Å². The van der Waals surface area contributed by atoms with Gasteiger partial charge in [0.05, 0.1) is 12.5 Å².